The van der Waals surface area contributed by atoms with Gasteiger partial charge in [-0.2, -0.15) is 5.10 Å². The lowest BCUT2D eigenvalue weighted by molar-refractivity contribution is 0.112. The first-order valence-corrected chi connectivity index (χ1v) is 9.19. The van der Waals surface area contributed by atoms with Crippen LogP contribution in [0.25, 0.3) is 10.8 Å². The van der Waals surface area contributed by atoms with Crippen LogP contribution in [0.5, 0.6) is 5.88 Å². The third-order valence-corrected chi connectivity index (χ3v) is 4.93. The van der Waals surface area contributed by atoms with E-state index >= 15 is 0 Å². The molecule has 1 aromatic heterocycles. The molecule has 6 heteroatoms. The Morgan fingerprint density at radius 2 is 1.85 bits per heavy atom. The summed E-state index contributed by atoms with van der Waals surface area (Å²) in [5.74, 6) is 0.566. The van der Waals surface area contributed by atoms with E-state index in [1.165, 1.54) is 0 Å². The molecule has 1 saturated heterocycles. The van der Waals surface area contributed by atoms with Gasteiger partial charge in [0.05, 0.1) is 6.20 Å². The second-order valence-corrected chi connectivity index (χ2v) is 6.79. The molecule has 3 aromatic rings. The van der Waals surface area contributed by atoms with Crippen molar-refractivity contribution >= 4 is 22.5 Å². The molecule has 1 fully saturated rings. The smallest absolute Gasteiger partial charge is 0.321 e. The largest absolute Gasteiger partial charge is 0.473 e. The number of amides is 2. The highest BCUT2D eigenvalue weighted by Crippen LogP contribution is 2.25. The van der Waals surface area contributed by atoms with Gasteiger partial charge in [0.25, 0.3) is 0 Å². The van der Waals surface area contributed by atoms with Gasteiger partial charge in [0.2, 0.25) is 5.88 Å². The zero-order valence-electron chi connectivity index (χ0n) is 15.3. The van der Waals surface area contributed by atoms with Crippen LogP contribution in [0.3, 0.4) is 0 Å². The van der Waals surface area contributed by atoms with Gasteiger partial charge in [-0.3, -0.25) is 0 Å². The maximum absolute atomic E-state index is 12.5. The van der Waals surface area contributed by atoms with Crippen molar-refractivity contribution in [1.82, 2.24) is 15.1 Å². The molecule has 0 bridgehead atoms. The summed E-state index contributed by atoms with van der Waals surface area (Å²) in [5.41, 5.74) is 1.91. The van der Waals surface area contributed by atoms with Crippen molar-refractivity contribution in [1.29, 1.82) is 0 Å². The molecule has 0 aliphatic carbocycles. The van der Waals surface area contributed by atoms with E-state index in [0.29, 0.717) is 19.0 Å². The highest BCUT2D eigenvalue weighted by Gasteiger charge is 2.25. The molecule has 0 radical (unpaired) electrons. The van der Waals surface area contributed by atoms with E-state index < -0.39 is 0 Å². The van der Waals surface area contributed by atoms with Gasteiger partial charge in [-0.05, 0) is 24.6 Å². The minimum absolute atomic E-state index is 0.0348. The monoisotopic (exact) mass is 362 g/mol. The van der Waals surface area contributed by atoms with Crippen LogP contribution < -0.4 is 10.1 Å². The van der Waals surface area contributed by atoms with Crippen LogP contribution in [0, 0.1) is 6.92 Å². The van der Waals surface area contributed by atoms with E-state index in [1.807, 2.05) is 60.4 Å². The van der Waals surface area contributed by atoms with Crippen molar-refractivity contribution in [3.8, 4) is 5.88 Å². The molecule has 1 aliphatic rings. The summed E-state index contributed by atoms with van der Waals surface area (Å²) < 4.78 is 6.10. The highest BCUT2D eigenvalue weighted by atomic mass is 16.5. The fourth-order valence-electron chi connectivity index (χ4n) is 3.33. The summed E-state index contributed by atoms with van der Waals surface area (Å²) in [6.45, 7) is 3.29. The lowest BCUT2D eigenvalue weighted by Crippen LogP contribution is -2.43. The van der Waals surface area contributed by atoms with E-state index in [2.05, 4.69) is 15.5 Å². The number of carbonyl (C=O) groups excluding carboxylic acids is 1. The number of fused-ring (bicyclic) bond motifs is 1. The van der Waals surface area contributed by atoms with Gasteiger partial charge in [0, 0.05) is 42.4 Å². The van der Waals surface area contributed by atoms with E-state index in [-0.39, 0.29) is 12.1 Å². The first-order valence-electron chi connectivity index (χ1n) is 9.19. The fourth-order valence-corrected chi connectivity index (χ4v) is 3.33. The second kappa shape index (κ2) is 7.61. The Bertz CT molecular complexity index is 946. The number of rotatable bonds is 3. The van der Waals surface area contributed by atoms with Crippen molar-refractivity contribution in [3.63, 3.8) is 0 Å². The molecule has 1 N–H and O–H groups in total. The highest BCUT2D eigenvalue weighted by molar-refractivity contribution is 5.90. The number of ether oxygens (including phenoxy) is 1. The molecule has 1 aliphatic heterocycles. The maximum atomic E-state index is 12.5. The Hall–Kier alpha value is -3.15. The lowest BCUT2D eigenvalue weighted by Gasteiger charge is -2.32. The van der Waals surface area contributed by atoms with Gasteiger partial charge < -0.3 is 15.0 Å². The number of anilines is 1. The molecule has 0 atom stereocenters. The molecule has 2 amide bonds. The summed E-state index contributed by atoms with van der Waals surface area (Å²) in [5, 5.41) is 13.2. The number of piperidine rings is 1. The molecule has 0 unspecified atom stereocenters. The van der Waals surface area contributed by atoms with Gasteiger partial charge in [-0.25, -0.2) is 4.79 Å². The van der Waals surface area contributed by atoms with Crippen LogP contribution in [0.1, 0.15) is 18.4 Å². The standard InChI is InChI=1S/C21H22N4O2/c1-15-6-2-5-9-19(15)23-21(26)25-12-10-17(11-13-25)27-20-18-8-4-3-7-16(18)14-22-24-20/h2-9,14,17H,10-13H2,1H3,(H,23,26). The topological polar surface area (TPSA) is 67.4 Å². The van der Waals surface area contributed by atoms with Crippen LogP contribution in [0.2, 0.25) is 0 Å². The summed E-state index contributed by atoms with van der Waals surface area (Å²) in [6, 6.07) is 15.7. The van der Waals surface area contributed by atoms with Crippen LogP contribution in [-0.2, 0) is 0 Å². The maximum Gasteiger partial charge on any atom is 0.321 e. The second-order valence-electron chi connectivity index (χ2n) is 6.79. The molecule has 6 nitrogen and oxygen atoms in total. The molecule has 27 heavy (non-hydrogen) atoms. The molecule has 2 heterocycles. The van der Waals surface area contributed by atoms with Crippen molar-refractivity contribution < 1.29 is 9.53 Å². The number of urea groups is 1. The molecular formula is C21H22N4O2. The molecular weight excluding hydrogens is 340 g/mol. The van der Waals surface area contributed by atoms with Crippen molar-refractivity contribution in [2.24, 2.45) is 0 Å². The third-order valence-electron chi connectivity index (χ3n) is 4.93. The van der Waals surface area contributed by atoms with E-state index in [1.54, 1.807) is 6.20 Å². The zero-order valence-corrected chi connectivity index (χ0v) is 15.3. The van der Waals surface area contributed by atoms with E-state index in [9.17, 15) is 4.79 Å². The van der Waals surface area contributed by atoms with Gasteiger partial charge in [-0.1, -0.05) is 36.4 Å². The summed E-state index contributed by atoms with van der Waals surface area (Å²) in [7, 11) is 0. The Morgan fingerprint density at radius 1 is 1.11 bits per heavy atom. The first-order chi connectivity index (χ1) is 13.2. The summed E-state index contributed by atoms with van der Waals surface area (Å²) >= 11 is 0. The number of nitrogens with one attached hydrogen (secondary N) is 1. The van der Waals surface area contributed by atoms with Crippen LogP contribution in [0.4, 0.5) is 10.5 Å². The zero-order chi connectivity index (χ0) is 18.6. The minimum atomic E-state index is -0.0623. The van der Waals surface area contributed by atoms with Crippen molar-refractivity contribution in [2.75, 3.05) is 18.4 Å². The number of likely N-dealkylation sites (tertiary alicyclic amines) is 1. The SMILES string of the molecule is Cc1ccccc1NC(=O)N1CCC(Oc2nncc3ccccc23)CC1. The van der Waals surface area contributed by atoms with Gasteiger partial charge in [0.15, 0.2) is 0 Å². The van der Waals surface area contributed by atoms with E-state index in [0.717, 1.165) is 34.9 Å². The number of carbonyl (C=O) groups is 1. The number of aromatic nitrogens is 2. The third kappa shape index (κ3) is 3.84. The van der Waals surface area contributed by atoms with Crippen LogP contribution in [-0.4, -0.2) is 40.3 Å². The minimum Gasteiger partial charge on any atom is -0.473 e. The Kier molecular flexibility index (Phi) is 4.87. The molecule has 4 rings (SSSR count). The van der Waals surface area contributed by atoms with Gasteiger partial charge in [-0.15, -0.1) is 5.10 Å². The number of hydrogen-bond donors (Lipinski definition) is 1. The molecule has 0 spiro atoms. The summed E-state index contributed by atoms with van der Waals surface area (Å²) in [4.78, 5) is 14.3. The number of para-hydroxylation sites is 1. The van der Waals surface area contributed by atoms with E-state index in [4.69, 9.17) is 4.74 Å². The van der Waals surface area contributed by atoms with Crippen molar-refractivity contribution in [3.05, 3.63) is 60.3 Å². The fraction of sp³-hybridized carbons (Fsp3) is 0.286. The number of nitrogens with zero attached hydrogens (tertiary/aromatic N) is 3. The van der Waals surface area contributed by atoms with Crippen LogP contribution in [0.15, 0.2) is 54.7 Å². The predicted octanol–water partition coefficient (Wildman–Crippen LogP) is 4.01. The molecule has 138 valence electrons. The normalized spacial score (nSPS) is 14.9. The molecule has 2 aromatic carbocycles. The quantitative estimate of drug-likeness (QED) is 0.764. The summed E-state index contributed by atoms with van der Waals surface area (Å²) in [6.07, 6.45) is 3.31. The molecule has 0 saturated carbocycles. The van der Waals surface area contributed by atoms with Crippen molar-refractivity contribution in [2.45, 2.75) is 25.9 Å². The Balaban J connectivity index is 1.36. The number of aryl methyl sites for hydroxylation is 1. The van der Waals surface area contributed by atoms with Gasteiger partial charge >= 0.3 is 6.03 Å². The number of benzene rings is 2. The van der Waals surface area contributed by atoms with Gasteiger partial charge in [0.1, 0.15) is 6.10 Å². The average molecular weight is 362 g/mol. The lowest BCUT2D eigenvalue weighted by atomic mass is 10.1. The first kappa shape index (κ1) is 17.3. The Morgan fingerprint density at radius 3 is 2.67 bits per heavy atom. The van der Waals surface area contributed by atoms with Crippen LogP contribution >= 0.6 is 0 Å². The number of hydrogen-bond acceptors (Lipinski definition) is 4. The Labute approximate surface area is 158 Å². The average Bonchev–Trinajstić information content (AvgIpc) is 2.70. The predicted molar refractivity (Wildman–Crippen MR) is 105 cm³/mol.